The van der Waals surface area contributed by atoms with E-state index in [1.807, 2.05) is 0 Å². The van der Waals surface area contributed by atoms with Crippen LogP contribution in [0.5, 0.6) is 11.5 Å². The molecule has 0 atom stereocenters. The van der Waals surface area contributed by atoms with E-state index in [0.717, 1.165) is 24.3 Å². The number of carbonyl (C=O) groups excluding carboxylic acids is 1. The highest BCUT2D eigenvalue weighted by Crippen LogP contribution is 2.30. The number of hydrogen-bond acceptors (Lipinski definition) is 8. The maximum atomic E-state index is 12.7. The lowest BCUT2D eigenvalue weighted by atomic mass is 10.1. The van der Waals surface area contributed by atoms with Crippen molar-refractivity contribution in [2.24, 2.45) is 0 Å². The first-order chi connectivity index (χ1) is 16.6. The molecule has 0 radical (unpaired) electrons. The Morgan fingerprint density at radius 2 is 1.80 bits per heavy atom. The Bertz CT molecular complexity index is 1460. The first-order valence-corrected chi connectivity index (χ1v) is 11.9. The van der Waals surface area contributed by atoms with Gasteiger partial charge in [-0.25, -0.2) is 0 Å². The predicted molar refractivity (Wildman–Crippen MR) is 130 cm³/mol. The fraction of sp³-hybridized carbons (Fsp3) is 0.0435. The molecule has 0 saturated heterocycles. The van der Waals surface area contributed by atoms with E-state index in [1.54, 1.807) is 30.3 Å². The average molecular weight is 558 g/mol. The normalized spacial score (nSPS) is 11.3. The number of hydrogen-bond donors (Lipinski definition) is 1. The van der Waals surface area contributed by atoms with Crippen LogP contribution in [0.15, 0.2) is 81.7 Å². The van der Waals surface area contributed by atoms with Crippen LogP contribution in [0.1, 0.15) is 5.56 Å². The van der Waals surface area contributed by atoms with Gasteiger partial charge in [0.1, 0.15) is 28.0 Å². The van der Waals surface area contributed by atoms with Crippen molar-refractivity contribution in [3.8, 4) is 17.6 Å². The van der Waals surface area contributed by atoms with Crippen LogP contribution in [-0.2, 0) is 14.9 Å². The number of anilines is 1. The molecule has 0 unspecified atom stereocenters. The molecule has 0 heterocycles. The number of non-ortho nitro benzene ring substituents is 1. The van der Waals surface area contributed by atoms with Crippen molar-refractivity contribution >= 4 is 49.4 Å². The van der Waals surface area contributed by atoms with Crippen molar-refractivity contribution in [3.05, 3.63) is 92.5 Å². The van der Waals surface area contributed by atoms with E-state index in [2.05, 4.69) is 21.2 Å². The van der Waals surface area contributed by atoms with Crippen LogP contribution >= 0.6 is 15.9 Å². The third-order valence-electron chi connectivity index (χ3n) is 4.53. The lowest BCUT2D eigenvalue weighted by Gasteiger charge is -2.11. The summed E-state index contributed by atoms with van der Waals surface area (Å²) in [6, 6.07) is 16.9. The van der Waals surface area contributed by atoms with Gasteiger partial charge in [-0.3, -0.25) is 14.9 Å². The number of nitrogens with zero attached hydrogens (tertiary/aromatic N) is 2. The van der Waals surface area contributed by atoms with Gasteiger partial charge in [-0.05, 0) is 48.5 Å². The zero-order valence-corrected chi connectivity index (χ0v) is 20.4. The number of rotatable bonds is 8. The molecule has 10 nitrogen and oxygen atoms in total. The molecule has 0 saturated carbocycles. The second-order valence-corrected chi connectivity index (χ2v) is 9.26. The second kappa shape index (κ2) is 10.8. The van der Waals surface area contributed by atoms with E-state index in [1.165, 1.54) is 31.4 Å². The van der Waals surface area contributed by atoms with Gasteiger partial charge in [-0.15, -0.1) is 0 Å². The monoisotopic (exact) mass is 557 g/mol. The van der Waals surface area contributed by atoms with Gasteiger partial charge in [-0.2, -0.15) is 13.7 Å². The Kier molecular flexibility index (Phi) is 7.85. The fourth-order valence-corrected chi connectivity index (χ4v) is 4.18. The van der Waals surface area contributed by atoms with Crippen molar-refractivity contribution in [1.29, 1.82) is 5.26 Å². The lowest BCUT2D eigenvalue weighted by Crippen LogP contribution is -2.14. The summed E-state index contributed by atoms with van der Waals surface area (Å²) in [5.74, 6) is -0.524. The summed E-state index contributed by atoms with van der Waals surface area (Å²) in [4.78, 5) is 22.6. The van der Waals surface area contributed by atoms with Crippen LogP contribution < -0.4 is 14.2 Å². The molecule has 0 spiro atoms. The highest BCUT2D eigenvalue weighted by atomic mass is 79.9. The minimum absolute atomic E-state index is 0.122. The van der Waals surface area contributed by atoms with Gasteiger partial charge < -0.3 is 14.2 Å². The quantitative estimate of drug-likeness (QED) is 0.138. The third-order valence-corrected chi connectivity index (χ3v) is 6.27. The van der Waals surface area contributed by atoms with Crippen molar-refractivity contribution in [2.45, 2.75) is 4.90 Å². The Hall–Kier alpha value is -4.21. The first-order valence-electron chi connectivity index (χ1n) is 9.69. The van der Waals surface area contributed by atoms with Crippen molar-refractivity contribution in [3.63, 3.8) is 0 Å². The molecule has 1 amide bonds. The van der Waals surface area contributed by atoms with Gasteiger partial charge in [0, 0.05) is 22.2 Å². The molecule has 0 bridgehead atoms. The summed E-state index contributed by atoms with van der Waals surface area (Å²) >= 11 is 3.27. The molecule has 0 aliphatic carbocycles. The number of methoxy groups -OCH3 is 1. The number of amides is 1. The molecule has 12 heteroatoms. The number of nitriles is 1. The summed E-state index contributed by atoms with van der Waals surface area (Å²) in [7, 11) is -2.95. The SMILES string of the molecule is COc1ccccc1NC(=O)/C(C#N)=C/c1cc(Br)ccc1OS(=O)(=O)c1ccc([N+](=O)[O-])cc1. The van der Waals surface area contributed by atoms with Gasteiger partial charge in [-0.1, -0.05) is 28.1 Å². The molecular formula is C23H16BrN3O7S. The third kappa shape index (κ3) is 6.23. The number of nitrogens with one attached hydrogen (secondary N) is 1. The van der Waals surface area contributed by atoms with E-state index in [0.29, 0.717) is 15.9 Å². The fourth-order valence-electron chi connectivity index (χ4n) is 2.85. The molecule has 0 aliphatic heterocycles. The van der Waals surface area contributed by atoms with Crippen molar-refractivity contribution < 1.29 is 27.1 Å². The summed E-state index contributed by atoms with van der Waals surface area (Å²) in [5, 5.41) is 23.0. The van der Waals surface area contributed by atoms with E-state index in [9.17, 15) is 28.6 Å². The zero-order valence-electron chi connectivity index (χ0n) is 18.0. The van der Waals surface area contributed by atoms with Crippen LogP contribution in [0.3, 0.4) is 0 Å². The molecule has 3 aromatic carbocycles. The number of ether oxygens (including phenoxy) is 1. The number of carbonyl (C=O) groups is 1. The van der Waals surface area contributed by atoms with Crippen LogP contribution in [-0.4, -0.2) is 26.4 Å². The van der Waals surface area contributed by atoms with Crippen molar-refractivity contribution in [2.75, 3.05) is 12.4 Å². The van der Waals surface area contributed by atoms with E-state index >= 15 is 0 Å². The lowest BCUT2D eigenvalue weighted by molar-refractivity contribution is -0.384. The summed E-state index contributed by atoms with van der Waals surface area (Å²) in [5.41, 5.74) is -0.147. The summed E-state index contributed by atoms with van der Waals surface area (Å²) < 4.78 is 36.4. The first kappa shape index (κ1) is 25.4. The summed E-state index contributed by atoms with van der Waals surface area (Å²) in [6.45, 7) is 0. The van der Waals surface area contributed by atoms with E-state index in [-0.39, 0.29) is 27.5 Å². The largest absolute Gasteiger partial charge is 0.495 e. The number of nitro benzene ring substituents is 1. The molecule has 178 valence electrons. The second-order valence-electron chi connectivity index (χ2n) is 6.79. The van der Waals surface area contributed by atoms with E-state index in [4.69, 9.17) is 8.92 Å². The molecule has 35 heavy (non-hydrogen) atoms. The molecule has 0 aliphatic rings. The number of para-hydroxylation sites is 2. The maximum absolute atomic E-state index is 12.7. The van der Waals surface area contributed by atoms with E-state index < -0.39 is 20.9 Å². The number of halogens is 1. The van der Waals surface area contributed by atoms with Crippen molar-refractivity contribution in [1.82, 2.24) is 0 Å². The smallest absolute Gasteiger partial charge is 0.339 e. The molecule has 3 rings (SSSR count). The highest BCUT2D eigenvalue weighted by molar-refractivity contribution is 9.10. The average Bonchev–Trinajstić information content (AvgIpc) is 2.84. The number of benzene rings is 3. The molecule has 0 aromatic heterocycles. The molecule has 3 aromatic rings. The topological polar surface area (TPSA) is 149 Å². The van der Waals surface area contributed by atoms with Crippen LogP contribution in [0.2, 0.25) is 0 Å². The molecular weight excluding hydrogens is 542 g/mol. The minimum Gasteiger partial charge on any atom is -0.495 e. The number of nitro groups is 1. The van der Waals surface area contributed by atoms with Gasteiger partial charge in [0.25, 0.3) is 11.6 Å². The van der Waals surface area contributed by atoms with Crippen LogP contribution in [0.25, 0.3) is 6.08 Å². The Morgan fingerprint density at radius 3 is 2.43 bits per heavy atom. The minimum atomic E-state index is -4.38. The standard InChI is InChI=1S/C23H16BrN3O7S/c1-33-22-5-3-2-4-20(22)26-23(28)16(14-25)12-15-13-17(24)6-11-21(15)34-35(31,32)19-9-7-18(8-10-19)27(29)30/h2-13H,1H3,(H,26,28)/b16-12+. The van der Waals surface area contributed by atoms with Gasteiger partial charge in [0.05, 0.1) is 17.7 Å². The van der Waals surface area contributed by atoms with Crippen LogP contribution in [0.4, 0.5) is 11.4 Å². The predicted octanol–water partition coefficient (Wildman–Crippen LogP) is 4.68. The van der Waals surface area contributed by atoms with Gasteiger partial charge >= 0.3 is 10.1 Å². The Morgan fingerprint density at radius 1 is 1.11 bits per heavy atom. The zero-order chi connectivity index (χ0) is 25.6. The van der Waals surface area contributed by atoms with Gasteiger partial charge in [0.15, 0.2) is 0 Å². The van der Waals surface area contributed by atoms with Gasteiger partial charge in [0.2, 0.25) is 0 Å². The molecule has 1 N–H and O–H groups in total. The Balaban J connectivity index is 1.94. The highest BCUT2D eigenvalue weighted by Gasteiger charge is 2.21. The summed E-state index contributed by atoms with van der Waals surface area (Å²) in [6.07, 6.45) is 1.18. The Labute approximate surface area is 208 Å². The van der Waals surface area contributed by atoms with Crippen LogP contribution in [0, 0.1) is 21.4 Å². The maximum Gasteiger partial charge on any atom is 0.339 e. The molecule has 0 fully saturated rings.